The van der Waals surface area contributed by atoms with Crippen molar-refractivity contribution in [2.45, 2.75) is 0 Å². The highest BCUT2D eigenvalue weighted by Gasteiger charge is 2.20. The van der Waals surface area contributed by atoms with Gasteiger partial charge in [-0.05, 0) is 0 Å². The van der Waals surface area contributed by atoms with Crippen LogP contribution < -0.4 is 0 Å². The highest BCUT2D eigenvalue weighted by atomic mass is 16.4. The van der Waals surface area contributed by atoms with Crippen LogP contribution in [-0.4, -0.2) is 151 Å². The van der Waals surface area contributed by atoms with E-state index < -0.39 is 11.9 Å². The van der Waals surface area contributed by atoms with E-state index in [9.17, 15) is 24.3 Å². The van der Waals surface area contributed by atoms with E-state index in [0.717, 1.165) is 6.29 Å². The molecule has 1 fully saturated rings. The molecular formula is C18H33N5O6. The molecule has 1 amide bonds. The smallest absolute Gasteiger partial charge is 0.317 e. The van der Waals surface area contributed by atoms with Crippen molar-refractivity contribution in [3.8, 4) is 0 Å². The Morgan fingerprint density at radius 3 is 1.38 bits per heavy atom. The summed E-state index contributed by atoms with van der Waals surface area (Å²) in [6.45, 7) is 4.00. The molecule has 2 N–H and O–H groups in total. The van der Waals surface area contributed by atoms with E-state index in [1.165, 1.54) is 4.90 Å². The van der Waals surface area contributed by atoms with E-state index in [1.54, 1.807) is 23.9 Å². The quantitative estimate of drug-likeness (QED) is 0.417. The summed E-state index contributed by atoms with van der Waals surface area (Å²) in [5.74, 6) is -1.94. The standard InChI is InChI=1S/C18H33N5O6/c1-19(2)16(25)13-21-5-3-20(11-12-24)4-6-22(14-17(26)27)9-10-23(8-7-21)15-18(28)29/h12H,3-11,13-15H2,1-2H3,(H,26,27)(H,28,29). The van der Waals surface area contributed by atoms with Crippen LogP contribution in [0.2, 0.25) is 0 Å². The van der Waals surface area contributed by atoms with Crippen LogP contribution >= 0.6 is 0 Å². The SMILES string of the molecule is CN(C)C(=O)CN1CCN(CC=O)CCN(CC(=O)O)CCN(CC(=O)O)CC1. The normalized spacial score (nSPS) is 19.1. The summed E-state index contributed by atoms with van der Waals surface area (Å²) in [4.78, 5) is 54.4. The number of carboxylic acid groups (broad SMARTS) is 2. The molecule has 0 aromatic rings. The Morgan fingerprint density at radius 2 is 1.07 bits per heavy atom. The number of carbonyl (C=O) groups is 4. The number of likely N-dealkylation sites (N-methyl/N-ethyl adjacent to an activating group) is 1. The van der Waals surface area contributed by atoms with Crippen LogP contribution in [0.25, 0.3) is 0 Å². The number of rotatable bonds is 8. The van der Waals surface area contributed by atoms with Gasteiger partial charge >= 0.3 is 11.9 Å². The Bertz CT molecular complexity index is 559. The number of nitrogens with zero attached hydrogens (tertiary/aromatic N) is 5. The molecule has 1 aliphatic heterocycles. The lowest BCUT2D eigenvalue weighted by Crippen LogP contribution is -2.49. The van der Waals surface area contributed by atoms with Gasteiger partial charge in [0.15, 0.2) is 0 Å². The predicted octanol–water partition coefficient (Wildman–Crippen LogP) is -2.34. The van der Waals surface area contributed by atoms with Crippen LogP contribution in [0.5, 0.6) is 0 Å². The molecule has 0 radical (unpaired) electrons. The van der Waals surface area contributed by atoms with Gasteiger partial charge in [0.1, 0.15) is 6.29 Å². The molecule has 1 saturated heterocycles. The van der Waals surface area contributed by atoms with Crippen LogP contribution in [0.1, 0.15) is 0 Å². The van der Waals surface area contributed by atoms with Crippen LogP contribution in [-0.2, 0) is 19.2 Å². The molecule has 0 atom stereocenters. The molecule has 29 heavy (non-hydrogen) atoms. The topological polar surface area (TPSA) is 125 Å². The maximum atomic E-state index is 12.1. The Morgan fingerprint density at radius 1 is 0.724 bits per heavy atom. The van der Waals surface area contributed by atoms with Gasteiger partial charge in [-0.25, -0.2) is 0 Å². The van der Waals surface area contributed by atoms with Crippen LogP contribution in [0, 0.1) is 0 Å². The van der Waals surface area contributed by atoms with Crippen molar-refractivity contribution >= 4 is 24.1 Å². The molecule has 1 heterocycles. The minimum atomic E-state index is -0.949. The third-order valence-electron chi connectivity index (χ3n) is 4.84. The first-order chi connectivity index (χ1) is 13.7. The first-order valence-corrected chi connectivity index (χ1v) is 9.68. The summed E-state index contributed by atoms with van der Waals surface area (Å²) in [5.41, 5.74) is 0. The van der Waals surface area contributed by atoms with E-state index in [0.29, 0.717) is 52.4 Å². The van der Waals surface area contributed by atoms with E-state index in [1.807, 2.05) is 9.80 Å². The van der Waals surface area contributed by atoms with Crippen molar-refractivity contribution < 1.29 is 29.4 Å². The molecule has 0 aromatic carbocycles. The predicted molar refractivity (Wildman–Crippen MR) is 106 cm³/mol. The molecule has 0 spiro atoms. The van der Waals surface area contributed by atoms with Gasteiger partial charge in [0.2, 0.25) is 5.91 Å². The fraction of sp³-hybridized carbons (Fsp3) is 0.778. The lowest BCUT2D eigenvalue weighted by molar-refractivity contribution is -0.140. The number of hydrogen-bond acceptors (Lipinski definition) is 8. The molecule has 11 nitrogen and oxygen atoms in total. The molecule has 1 rings (SSSR count). The van der Waals surface area contributed by atoms with E-state index in [4.69, 9.17) is 5.11 Å². The van der Waals surface area contributed by atoms with Gasteiger partial charge in [0, 0.05) is 66.5 Å². The summed E-state index contributed by atoms with van der Waals surface area (Å²) in [5, 5.41) is 18.3. The number of amides is 1. The van der Waals surface area contributed by atoms with Crippen LogP contribution in [0.4, 0.5) is 0 Å². The van der Waals surface area contributed by atoms with Gasteiger partial charge in [-0.3, -0.25) is 34.0 Å². The van der Waals surface area contributed by atoms with Crippen molar-refractivity contribution in [1.29, 1.82) is 0 Å². The van der Waals surface area contributed by atoms with Crippen LogP contribution in [0.3, 0.4) is 0 Å². The molecule has 0 bridgehead atoms. The number of aliphatic carboxylic acids is 2. The van der Waals surface area contributed by atoms with Gasteiger partial charge < -0.3 is 19.9 Å². The summed E-state index contributed by atoms with van der Waals surface area (Å²) in [6.07, 6.45) is 0.817. The minimum Gasteiger partial charge on any atom is -0.480 e. The van der Waals surface area contributed by atoms with Gasteiger partial charge in [0.05, 0.1) is 26.2 Å². The van der Waals surface area contributed by atoms with Gasteiger partial charge in [-0.2, -0.15) is 0 Å². The van der Waals surface area contributed by atoms with Crippen molar-refractivity contribution in [3.05, 3.63) is 0 Å². The van der Waals surface area contributed by atoms with E-state index in [2.05, 4.69) is 0 Å². The zero-order chi connectivity index (χ0) is 21.8. The summed E-state index contributed by atoms with van der Waals surface area (Å²) < 4.78 is 0. The first-order valence-electron chi connectivity index (χ1n) is 9.68. The molecule has 0 unspecified atom stereocenters. The van der Waals surface area contributed by atoms with Gasteiger partial charge in [-0.15, -0.1) is 0 Å². The highest BCUT2D eigenvalue weighted by molar-refractivity contribution is 5.77. The van der Waals surface area contributed by atoms with Crippen molar-refractivity contribution in [1.82, 2.24) is 24.5 Å². The zero-order valence-corrected chi connectivity index (χ0v) is 17.3. The van der Waals surface area contributed by atoms with E-state index >= 15 is 0 Å². The average molecular weight is 415 g/mol. The van der Waals surface area contributed by atoms with Gasteiger partial charge in [0.25, 0.3) is 0 Å². The average Bonchev–Trinajstić information content (AvgIpc) is 2.62. The molecule has 11 heteroatoms. The van der Waals surface area contributed by atoms with Crippen molar-refractivity contribution in [2.24, 2.45) is 0 Å². The lowest BCUT2D eigenvalue weighted by atomic mass is 10.3. The number of carboxylic acids is 2. The lowest BCUT2D eigenvalue weighted by Gasteiger charge is -2.33. The number of carbonyl (C=O) groups excluding carboxylic acids is 2. The second-order valence-corrected chi connectivity index (χ2v) is 7.37. The molecule has 0 saturated carbocycles. The Labute approximate surface area is 171 Å². The summed E-state index contributed by atoms with van der Waals surface area (Å²) >= 11 is 0. The second-order valence-electron chi connectivity index (χ2n) is 7.37. The maximum Gasteiger partial charge on any atom is 0.317 e. The first kappa shape index (κ1) is 25.0. The molecular weight excluding hydrogens is 382 g/mol. The Balaban J connectivity index is 2.91. The van der Waals surface area contributed by atoms with Crippen molar-refractivity contribution in [2.75, 3.05) is 92.6 Å². The molecule has 0 aliphatic carbocycles. The van der Waals surface area contributed by atoms with Crippen molar-refractivity contribution in [3.63, 3.8) is 0 Å². The molecule has 1 aliphatic rings. The summed E-state index contributed by atoms with van der Waals surface area (Å²) in [6, 6.07) is 0. The zero-order valence-electron chi connectivity index (χ0n) is 17.3. The van der Waals surface area contributed by atoms with Gasteiger partial charge in [-0.1, -0.05) is 0 Å². The Kier molecular flexibility index (Phi) is 11.4. The van der Waals surface area contributed by atoms with Crippen LogP contribution in [0.15, 0.2) is 0 Å². The fourth-order valence-electron chi connectivity index (χ4n) is 3.06. The monoisotopic (exact) mass is 415 g/mol. The summed E-state index contributed by atoms with van der Waals surface area (Å²) in [7, 11) is 3.37. The Hall–Kier alpha value is -2.08. The number of aldehydes is 1. The second kappa shape index (κ2) is 13.2. The largest absolute Gasteiger partial charge is 0.480 e. The van der Waals surface area contributed by atoms with E-state index in [-0.39, 0.29) is 32.1 Å². The highest BCUT2D eigenvalue weighted by Crippen LogP contribution is 2.01. The third-order valence-corrected chi connectivity index (χ3v) is 4.84. The maximum absolute atomic E-state index is 12.1. The molecule has 0 aromatic heterocycles. The minimum absolute atomic E-state index is 0.0450. The fourth-order valence-corrected chi connectivity index (χ4v) is 3.06. The number of hydrogen-bond donors (Lipinski definition) is 2. The third kappa shape index (κ3) is 10.9. The molecule has 166 valence electrons.